The van der Waals surface area contributed by atoms with Crippen LogP contribution in [0.3, 0.4) is 0 Å². The molecule has 0 aromatic heterocycles. The molecule has 0 radical (unpaired) electrons. The SMILES string of the molecule is C/C=C\c1ccc(/C(C)=C/C=C/C2NC(c3ccc4ccccc4c3)[NH+]2c2ccc3ccccc3c2)cc1N. The summed E-state index contributed by atoms with van der Waals surface area (Å²) in [7, 11) is 0. The van der Waals surface area contributed by atoms with Crippen LogP contribution in [0.5, 0.6) is 0 Å². The molecule has 1 fully saturated rings. The van der Waals surface area contributed by atoms with Gasteiger partial charge >= 0.3 is 0 Å². The molecular formula is C36H34N3+. The molecule has 192 valence electrons. The number of nitrogen functional groups attached to an aromatic ring is 1. The highest BCUT2D eigenvalue weighted by Gasteiger charge is 2.43. The van der Waals surface area contributed by atoms with Gasteiger partial charge in [-0.3, -0.25) is 4.90 Å². The molecule has 4 N–H and O–H groups in total. The average Bonchev–Trinajstić information content (AvgIpc) is 2.95. The molecule has 1 aliphatic rings. The van der Waals surface area contributed by atoms with E-state index in [1.165, 1.54) is 43.3 Å². The molecule has 5 aromatic carbocycles. The summed E-state index contributed by atoms with van der Waals surface area (Å²) in [5.74, 6) is 0. The van der Waals surface area contributed by atoms with Crippen molar-refractivity contribution in [2.24, 2.45) is 0 Å². The fraction of sp³-hybridized carbons (Fsp3) is 0.111. The number of nitrogens with one attached hydrogen (secondary N) is 2. The summed E-state index contributed by atoms with van der Waals surface area (Å²) >= 11 is 0. The Hall–Kier alpha value is -4.44. The van der Waals surface area contributed by atoms with Crippen LogP contribution in [0.1, 0.15) is 36.7 Å². The van der Waals surface area contributed by atoms with E-state index >= 15 is 0 Å². The molecule has 5 aromatic rings. The lowest BCUT2D eigenvalue weighted by Crippen LogP contribution is -3.23. The van der Waals surface area contributed by atoms with Crippen molar-refractivity contribution in [2.45, 2.75) is 26.2 Å². The first-order valence-electron chi connectivity index (χ1n) is 13.6. The lowest BCUT2D eigenvalue weighted by molar-refractivity contribution is -0.946. The van der Waals surface area contributed by atoms with Gasteiger partial charge in [-0.2, -0.15) is 0 Å². The first-order valence-corrected chi connectivity index (χ1v) is 13.6. The van der Waals surface area contributed by atoms with Gasteiger partial charge in [-0.1, -0.05) is 97.1 Å². The summed E-state index contributed by atoms with van der Waals surface area (Å²) in [4.78, 5) is 1.40. The monoisotopic (exact) mass is 508 g/mol. The topological polar surface area (TPSA) is 42.5 Å². The maximum Gasteiger partial charge on any atom is 0.178 e. The molecular weight excluding hydrogens is 474 g/mol. The van der Waals surface area contributed by atoms with Crippen LogP contribution in [0, 0.1) is 0 Å². The zero-order chi connectivity index (χ0) is 26.8. The predicted octanol–water partition coefficient (Wildman–Crippen LogP) is 7.41. The summed E-state index contributed by atoms with van der Waals surface area (Å²) in [6.45, 7) is 4.14. The number of allylic oxidation sites excluding steroid dienone is 4. The molecule has 1 aliphatic heterocycles. The van der Waals surface area contributed by atoms with Gasteiger partial charge in [-0.15, -0.1) is 0 Å². The molecule has 3 heteroatoms. The van der Waals surface area contributed by atoms with E-state index in [1.807, 2.05) is 19.1 Å². The zero-order valence-electron chi connectivity index (χ0n) is 22.4. The zero-order valence-corrected chi connectivity index (χ0v) is 22.4. The van der Waals surface area contributed by atoms with Crippen LogP contribution in [-0.2, 0) is 0 Å². The normalized spacial score (nSPS) is 19.7. The molecule has 0 amide bonds. The second kappa shape index (κ2) is 10.7. The van der Waals surface area contributed by atoms with E-state index in [9.17, 15) is 0 Å². The van der Waals surface area contributed by atoms with E-state index in [-0.39, 0.29) is 12.3 Å². The second-order valence-corrected chi connectivity index (χ2v) is 10.3. The van der Waals surface area contributed by atoms with E-state index < -0.39 is 0 Å². The number of fused-ring (bicyclic) bond motifs is 2. The van der Waals surface area contributed by atoms with Gasteiger partial charge in [0, 0.05) is 17.3 Å². The Balaban J connectivity index is 1.30. The van der Waals surface area contributed by atoms with Crippen LogP contribution < -0.4 is 16.0 Å². The number of quaternary nitrogens is 1. The van der Waals surface area contributed by atoms with Gasteiger partial charge in [0.2, 0.25) is 0 Å². The van der Waals surface area contributed by atoms with Gasteiger partial charge in [-0.25, -0.2) is 5.32 Å². The molecule has 0 saturated carbocycles. The Morgan fingerprint density at radius 3 is 2.21 bits per heavy atom. The third kappa shape index (κ3) is 5.03. The minimum absolute atomic E-state index is 0.161. The van der Waals surface area contributed by atoms with Crippen LogP contribution in [-0.4, -0.2) is 6.17 Å². The Bertz CT molecular complexity index is 1740. The molecule has 1 saturated heterocycles. The third-order valence-electron chi connectivity index (χ3n) is 7.72. The maximum atomic E-state index is 6.27. The predicted molar refractivity (Wildman–Crippen MR) is 167 cm³/mol. The van der Waals surface area contributed by atoms with E-state index in [0.717, 1.165) is 16.8 Å². The lowest BCUT2D eigenvalue weighted by atomic mass is 9.99. The molecule has 0 aliphatic carbocycles. The molecule has 39 heavy (non-hydrogen) atoms. The van der Waals surface area contributed by atoms with Gasteiger partial charge in [0.25, 0.3) is 0 Å². The minimum Gasteiger partial charge on any atom is -0.398 e. The second-order valence-electron chi connectivity index (χ2n) is 10.3. The van der Waals surface area contributed by atoms with Crippen molar-refractivity contribution in [3.05, 3.63) is 144 Å². The van der Waals surface area contributed by atoms with Crippen LogP contribution in [0.15, 0.2) is 127 Å². The van der Waals surface area contributed by atoms with E-state index in [1.54, 1.807) is 0 Å². The first kappa shape index (κ1) is 24.9. The quantitative estimate of drug-likeness (QED) is 0.165. The van der Waals surface area contributed by atoms with Crippen LogP contribution in [0.25, 0.3) is 33.2 Å². The fourth-order valence-corrected chi connectivity index (χ4v) is 5.54. The Kier molecular flexibility index (Phi) is 6.85. The van der Waals surface area contributed by atoms with Crippen molar-refractivity contribution in [2.75, 3.05) is 5.73 Å². The van der Waals surface area contributed by atoms with Crippen molar-refractivity contribution in [1.82, 2.24) is 5.32 Å². The smallest absolute Gasteiger partial charge is 0.178 e. The first-order chi connectivity index (χ1) is 19.1. The summed E-state index contributed by atoms with van der Waals surface area (Å²) in [6.07, 6.45) is 11.0. The number of rotatable bonds is 6. The third-order valence-corrected chi connectivity index (χ3v) is 7.72. The summed E-state index contributed by atoms with van der Waals surface area (Å²) in [5.41, 5.74) is 13.0. The molecule has 0 bridgehead atoms. The van der Waals surface area contributed by atoms with Crippen molar-refractivity contribution < 1.29 is 4.90 Å². The number of hydrogen-bond donors (Lipinski definition) is 3. The van der Waals surface area contributed by atoms with Crippen molar-refractivity contribution in [1.29, 1.82) is 0 Å². The highest BCUT2D eigenvalue weighted by Crippen LogP contribution is 2.25. The molecule has 6 rings (SSSR count). The van der Waals surface area contributed by atoms with E-state index in [2.05, 4.69) is 134 Å². The maximum absolute atomic E-state index is 6.27. The van der Waals surface area contributed by atoms with Gasteiger partial charge in [0.05, 0.1) is 0 Å². The summed E-state index contributed by atoms with van der Waals surface area (Å²) in [6, 6.07) is 37.0. The standard InChI is InChI=1S/C36H33N3/c1-3-9-28-17-18-29(24-34(28)37)25(2)10-8-15-35-38-36(32-19-16-26-11-4-6-13-30(26)22-32)39(35)33-21-20-27-12-5-7-14-31(27)23-33/h3-24,35-36,38H,37H2,1-2H3/p+1/b9-3-,15-8+,25-10+. The molecule has 3 nitrogen and oxygen atoms in total. The number of anilines is 1. The molecule has 3 atom stereocenters. The number of hydrogen-bond acceptors (Lipinski definition) is 2. The molecule has 1 heterocycles. The van der Waals surface area contributed by atoms with Crippen molar-refractivity contribution in [3.63, 3.8) is 0 Å². The number of nitrogens with two attached hydrogens (primary N) is 1. The van der Waals surface area contributed by atoms with E-state index in [0.29, 0.717) is 0 Å². The number of benzene rings is 5. The summed E-state index contributed by atoms with van der Waals surface area (Å²) < 4.78 is 0. The van der Waals surface area contributed by atoms with E-state index in [4.69, 9.17) is 5.73 Å². The average molecular weight is 509 g/mol. The Morgan fingerprint density at radius 1 is 0.795 bits per heavy atom. The Morgan fingerprint density at radius 2 is 1.49 bits per heavy atom. The van der Waals surface area contributed by atoms with Gasteiger partial charge in [-0.05, 0) is 82.4 Å². The molecule has 0 spiro atoms. The fourth-order valence-electron chi connectivity index (χ4n) is 5.54. The van der Waals surface area contributed by atoms with Crippen molar-refractivity contribution >= 4 is 44.6 Å². The highest BCUT2D eigenvalue weighted by atomic mass is 15.5. The lowest BCUT2D eigenvalue weighted by Gasteiger charge is -2.44. The summed E-state index contributed by atoms with van der Waals surface area (Å²) in [5, 5.41) is 8.89. The minimum atomic E-state index is 0.161. The van der Waals surface area contributed by atoms with Crippen LogP contribution in [0.2, 0.25) is 0 Å². The highest BCUT2D eigenvalue weighted by molar-refractivity contribution is 5.85. The Labute approximate surface area is 230 Å². The van der Waals surface area contributed by atoms with Crippen LogP contribution >= 0.6 is 0 Å². The van der Waals surface area contributed by atoms with Gasteiger partial charge < -0.3 is 5.73 Å². The van der Waals surface area contributed by atoms with Crippen LogP contribution in [0.4, 0.5) is 11.4 Å². The largest absolute Gasteiger partial charge is 0.398 e. The van der Waals surface area contributed by atoms with Gasteiger partial charge in [0.1, 0.15) is 5.69 Å². The van der Waals surface area contributed by atoms with Crippen molar-refractivity contribution in [3.8, 4) is 0 Å². The molecule has 3 unspecified atom stereocenters. The van der Waals surface area contributed by atoms with Gasteiger partial charge in [0.15, 0.2) is 12.3 Å².